The van der Waals surface area contributed by atoms with Crippen LogP contribution >= 0.6 is 0 Å². The van der Waals surface area contributed by atoms with Crippen LogP contribution in [0.15, 0.2) is 4.52 Å². The first-order valence-corrected chi connectivity index (χ1v) is 8.09. The van der Waals surface area contributed by atoms with Crippen LogP contribution in [0.5, 0.6) is 0 Å². The molecule has 0 aliphatic heterocycles. The molecule has 0 saturated carbocycles. The third-order valence-electron chi connectivity index (χ3n) is 4.07. The van der Waals surface area contributed by atoms with Crippen molar-refractivity contribution in [2.45, 2.75) is 77.7 Å². The second-order valence-electron chi connectivity index (χ2n) is 5.64. The van der Waals surface area contributed by atoms with Crippen LogP contribution in [-0.2, 0) is 19.4 Å². The minimum atomic E-state index is 0.856. The highest BCUT2D eigenvalue weighted by molar-refractivity contribution is 5.23. The van der Waals surface area contributed by atoms with E-state index in [-0.39, 0.29) is 0 Å². The van der Waals surface area contributed by atoms with Gasteiger partial charge < -0.3 is 9.84 Å². The van der Waals surface area contributed by atoms with E-state index in [0.717, 1.165) is 37.4 Å². The summed E-state index contributed by atoms with van der Waals surface area (Å²) in [5.41, 5.74) is 2.55. The number of nitrogens with one attached hydrogen (secondary N) is 1. The number of hydrogen-bond acceptors (Lipinski definition) is 3. The fraction of sp³-hybridized carbons (Fsp3) is 0.812. The molecule has 0 spiro atoms. The molecule has 108 valence electrons. The quantitative estimate of drug-likeness (QED) is 0.896. The predicted molar refractivity (Wildman–Crippen MR) is 78.2 cm³/mol. The lowest BCUT2D eigenvalue weighted by Gasteiger charge is -2.07. The molecule has 1 N–H and O–H groups in total. The largest absolute Gasteiger partial charge is 0.361 e. The molecule has 0 atom stereocenters. The average molecular weight is 264 g/mol. The van der Waals surface area contributed by atoms with E-state index in [4.69, 9.17) is 4.52 Å². The standard InChI is InChI=1S/C16H28N2O/c1-2-17-13-15-14-11-9-7-5-3-4-6-8-10-12-16(14)19-18-15/h17H,2-13H2,1H3. The maximum atomic E-state index is 5.60. The lowest BCUT2D eigenvalue weighted by molar-refractivity contribution is 0.369. The highest BCUT2D eigenvalue weighted by Crippen LogP contribution is 2.22. The molecule has 3 nitrogen and oxygen atoms in total. The van der Waals surface area contributed by atoms with E-state index in [9.17, 15) is 0 Å². The normalized spacial score (nSPS) is 18.4. The molecule has 0 aromatic carbocycles. The molecule has 19 heavy (non-hydrogen) atoms. The smallest absolute Gasteiger partial charge is 0.140 e. The zero-order valence-electron chi connectivity index (χ0n) is 12.3. The third-order valence-corrected chi connectivity index (χ3v) is 4.07. The number of nitrogens with zero attached hydrogens (tertiary/aromatic N) is 1. The van der Waals surface area contributed by atoms with Gasteiger partial charge in [0.05, 0.1) is 0 Å². The van der Waals surface area contributed by atoms with Crippen molar-refractivity contribution in [2.24, 2.45) is 0 Å². The molecule has 1 aromatic heterocycles. The second kappa shape index (κ2) is 8.36. The molecule has 1 aliphatic carbocycles. The van der Waals surface area contributed by atoms with Crippen LogP contribution < -0.4 is 5.32 Å². The Balaban J connectivity index is 2.01. The Hall–Kier alpha value is -0.830. The number of aryl methyl sites for hydroxylation is 1. The zero-order valence-corrected chi connectivity index (χ0v) is 12.3. The summed E-state index contributed by atoms with van der Waals surface area (Å²) in [5, 5.41) is 7.65. The van der Waals surface area contributed by atoms with Crippen molar-refractivity contribution in [3.63, 3.8) is 0 Å². The van der Waals surface area contributed by atoms with Crippen molar-refractivity contribution in [3.05, 3.63) is 17.0 Å². The van der Waals surface area contributed by atoms with Crippen molar-refractivity contribution in [1.29, 1.82) is 0 Å². The van der Waals surface area contributed by atoms with Gasteiger partial charge in [-0.25, -0.2) is 0 Å². The number of fused-ring (bicyclic) bond motifs is 1. The fourth-order valence-electron chi connectivity index (χ4n) is 2.89. The summed E-state index contributed by atoms with van der Waals surface area (Å²) >= 11 is 0. The monoisotopic (exact) mass is 264 g/mol. The van der Waals surface area contributed by atoms with Gasteiger partial charge in [0.2, 0.25) is 0 Å². The van der Waals surface area contributed by atoms with Gasteiger partial charge in [0.1, 0.15) is 11.5 Å². The van der Waals surface area contributed by atoms with Crippen molar-refractivity contribution in [3.8, 4) is 0 Å². The summed E-state index contributed by atoms with van der Waals surface area (Å²) in [5.74, 6) is 1.16. The Bertz CT molecular complexity index is 360. The van der Waals surface area contributed by atoms with Crippen LogP contribution in [0.1, 0.15) is 75.3 Å². The van der Waals surface area contributed by atoms with Gasteiger partial charge in [0.25, 0.3) is 0 Å². The number of aromatic nitrogens is 1. The van der Waals surface area contributed by atoms with E-state index < -0.39 is 0 Å². The summed E-state index contributed by atoms with van der Waals surface area (Å²) < 4.78 is 5.60. The van der Waals surface area contributed by atoms with Crippen LogP contribution in [0.2, 0.25) is 0 Å². The van der Waals surface area contributed by atoms with Crippen molar-refractivity contribution < 1.29 is 4.52 Å². The van der Waals surface area contributed by atoms with Crippen LogP contribution in [0.4, 0.5) is 0 Å². The van der Waals surface area contributed by atoms with Gasteiger partial charge in [0.15, 0.2) is 0 Å². The molecule has 1 aliphatic rings. The number of hydrogen-bond donors (Lipinski definition) is 1. The first-order chi connectivity index (χ1) is 9.42. The van der Waals surface area contributed by atoms with Crippen molar-refractivity contribution >= 4 is 0 Å². The van der Waals surface area contributed by atoms with Crippen LogP contribution in [0.3, 0.4) is 0 Å². The minimum Gasteiger partial charge on any atom is -0.361 e. The Morgan fingerprint density at radius 1 is 0.947 bits per heavy atom. The van der Waals surface area contributed by atoms with Gasteiger partial charge in [0, 0.05) is 18.5 Å². The lowest BCUT2D eigenvalue weighted by Crippen LogP contribution is -2.13. The minimum absolute atomic E-state index is 0.856. The van der Waals surface area contributed by atoms with Gasteiger partial charge in [-0.1, -0.05) is 50.6 Å². The van der Waals surface area contributed by atoms with Crippen LogP contribution in [-0.4, -0.2) is 11.7 Å². The van der Waals surface area contributed by atoms with E-state index >= 15 is 0 Å². The van der Waals surface area contributed by atoms with Gasteiger partial charge in [-0.15, -0.1) is 0 Å². The highest BCUT2D eigenvalue weighted by atomic mass is 16.5. The Kier molecular flexibility index (Phi) is 6.42. The molecule has 0 radical (unpaired) electrons. The van der Waals surface area contributed by atoms with Gasteiger partial charge in [-0.2, -0.15) is 0 Å². The summed E-state index contributed by atoms with van der Waals surface area (Å²) in [4.78, 5) is 0. The molecule has 0 bridgehead atoms. The summed E-state index contributed by atoms with van der Waals surface area (Å²) in [6, 6.07) is 0. The van der Waals surface area contributed by atoms with Crippen LogP contribution in [0, 0.1) is 0 Å². The van der Waals surface area contributed by atoms with E-state index in [1.807, 2.05) is 0 Å². The van der Waals surface area contributed by atoms with Gasteiger partial charge in [-0.05, 0) is 25.8 Å². The Morgan fingerprint density at radius 3 is 2.26 bits per heavy atom. The third kappa shape index (κ3) is 4.64. The van der Waals surface area contributed by atoms with Gasteiger partial charge >= 0.3 is 0 Å². The Morgan fingerprint density at radius 2 is 1.58 bits per heavy atom. The van der Waals surface area contributed by atoms with E-state index in [1.54, 1.807) is 0 Å². The molecule has 0 amide bonds. The summed E-state index contributed by atoms with van der Waals surface area (Å²) in [6.45, 7) is 3.98. The van der Waals surface area contributed by atoms with Crippen molar-refractivity contribution in [1.82, 2.24) is 10.5 Å². The molecule has 0 fully saturated rings. The first-order valence-electron chi connectivity index (χ1n) is 8.09. The molecular weight excluding hydrogens is 236 g/mol. The fourth-order valence-corrected chi connectivity index (χ4v) is 2.89. The highest BCUT2D eigenvalue weighted by Gasteiger charge is 2.15. The maximum Gasteiger partial charge on any atom is 0.140 e. The summed E-state index contributed by atoms with van der Waals surface area (Å²) in [7, 11) is 0. The molecular formula is C16H28N2O. The predicted octanol–water partition coefficient (Wildman–Crippen LogP) is 4.00. The first kappa shape index (κ1) is 14.6. The molecule has 1 heterocycles. The SMILES string of the molecule is CCNCc1noc2c1CCCCCCCCCC2. The topological polar surface area (TPSA) is 38.1 Å². The molecule has 2 rings (SSSR count). The van der Waals surface area contributed by atoms with Gasteiger partial charge in [-0.3, -0.25) is 0 Å². The van der Waals surface area contributed by atoms with Crippen molar-refractivity contribution in [2.75, 3.05) is 6.54 Å². The zero-order chi connectivity index (χ0) is 13.3. The van der Waals surface area contributed by atoms with E-state index in [0.29, 0.717) is 0 Å². The van der Waals surface area contributed by atoms with E-state index in [1.165, 1.54) is 56.9 Å². The van der Waals surface area contributed by atoms with Crippen LogP contribution in [0.25, 0.3) is 0 Å². The number of rotatable bonds is 3. The molecule has 1 aromatic rings. The average Bonchev–Trinajstić information content (AvgIpc) is 2.78. The molecule has 0 saturated heterocycles. The molecule has 0 unspecified atom stereocenters. The van der Waals surface area contributed by atoms with E-state index in [2.05, 4.69) is 17.4 Å². The molecule has 3 heteroatoms. The lowest BCUT2D eigenvalue weighted by atomic mass is 9.98. The second-order valence-corrected chi connectivity index (χ2v) is 5.64. The Labute approximate surface area is 117 Å². The maximum absolute atomic E-state index is 5.60. The summed E-state index contributed by atoms with van der Waals surface area (Å²) in [6.07, 6.45) is 13.1.